The van der Waals surface area contributed by atoms with Crippen LogP contribution in [0.5, 0.6) is 0 Å². The number of nitrogens with zero attached hydrogens (tertiary/aromatic N) is 2. The lowest BCUT2D eigenvalue weighted by Gasteiger charge is -2.24. The van der Waals surface area contributed by atoms with E-state index in [1.165, 1.54) is 16.7 Å². The van der Waals surface area contributed by atoms with Crippen LogP contribution in [0.2, 0.25) is 0 Å². The average Bonchev–Trinajstić information content (AvgIpc) is 3.36. The molecule has 7 heteroatoms. The highest BCUT2D eigenvalue weighted by atomic mass is 32.2. The van der Waals surface area contributed by atoms with E-state index >= 15 is 0 Å². The second-order valence-electron chi connectivity index (χ2n) is 9.04. The van der Waals surface area contributed by atoms with Crippen LogP contribution >= 0.6 is 11.8 Å². The molecule has 1 fully saturated rings. The van der Waals surface area contributed by atoms with Crippen LogP contribution in [0.4, 0.5) is 11.4 Å². The van der Waals surface area contributed by atoms with Gasteiger partial charge in [-0.2, -0.15) is 0 Å². The van der Waals surface area contributed by atoms with E-state index in [0.717, 1.165) is 52.5 Å². The number of hydrogen-bond acceptors (Lipinski definition) is 4. The number of rotatable bonds is 4. The fourth-order valence-electron chi connectivity index (χ4n) is 4.60. The monoisotopic (exact) mass is 485 g/mol. The number of fused-ring (bicyclic) bond motifs is 2. The van der Waals surface area contributed by atoms with Crippen LogP contribution in [0.15, 0.2) is 70.5 Å². The molecule has 2 aliphatic rings. The Hall–Kier alpha value is -3.58. The zero-order chi connectivity index (χ0) is 24.5. The van der Waals surface area contributed by atoms with E-state index < -0.39 is 0 Å². The van der Waals surface area contributed by atoms with E-state index in [9.17, 15) is 14.4 Å². The summed E-state index contributed by atoms with van der Waals surface area (Å²) in [4.78, 5) is 44.9. The maximum atomic E-state index is 13.7. The number of benzene rings is 3. The lowest BCUT2D eigenvalue weighted by Crippen LogP contribution is -2.38. The van der Waals surface area contributed by atoms with Gasteiger partial charge in [0.05, 0.1) is 11.3 Å². The van der Waals surface area contributed by atoms with Crippen LogP contribution in [0.25, 0.3) is 0 Å². The second kappa shape index (κ2) is 9.58. The summed E-state index contributed by atoms with van der Waals surface area (Å²) in [5.41, 5.74) is 4.44. The summed E-state index contributed by atoms with van der Waals surface area (Å²) in [6, 6.07) is 18.7. The van der Waals surface area contributed by atoms with E-state index in [1.807, 2.05) is 67.3 Å². The molecule has 0 radical (unpaired) electrons. The molecule has 3 aromatic carbocycles. The quantitative estimate of drug-likeness (QED) is 0.545. The number of anilines is 2. The highest BCUT2D eigenvalue weighted by Gasteiger charge is 2.30. The minimum atomic E-state index is -0.295. The van der Waals surface area contributed by atoms with Crippen molar-refractivity contribution in [2.75, 3.05) is 29.9 Å². The Balaban J connectivity index is 1.50. The predicted molar refractivity (Wildman–Crippen MR) is 138 cm³/mol. The van der Waals surface area contributed by atoms with E-state index in [-0.39, 0.29) is 24.3 Å². The number of hydrogen-bond donors (Lipinski definition) is 1. The van der Waals surface area contributed by atoms with Gasteiger partial charge in [0.15, 0.2) is 0 Å². The highest BCUT2D eigenvalue weighted by molar-refractivity contribution is 7.99. The summed E-state index contributed by atoms with van der Waals surface area (Å²) in [6.07, 6.45) is 2.01. The molecule has 5 rings (SSSR count). The first-order valence-electron chi connectivity index (χ1n) is 11.8. The van der Waals surface area contributed by atoms with Crippen molar-refractivity contribution in [1.82, 2.24) is 4.90 Å². The van der Waals surface area contributed by atoms with Gasteiger partial charge in [-0.1, -0.05) is 41.6 Å². The minimum absolute atomic E-state index is 0.0378. The standard InChI is InChI=1S/C28H27N3O3S/c1-18-9-11-22(19(2)15-18)29-26(32)17-31-23-16-20(27(33)30-13-5-6-14-30)10-12-25(23)35-24-8-4-3-7-21(24)28(31)34/h3-4,7-12,15-16H,5-6,13-14,17H2,1-2H3,(H,29,32). The first kappa shape index (κ1) is 23.2. The summed E-state index contributed by atoms with van der Waals surface area (Å²) in [5, 5.41) is 2.95. The Morgan fingerprint density at radius 2 is 1.71 bits per heavy atom. The van der Waals surface area contributed by atoms with E-state index in [2.05, 4.69) is 5.32 Å². The largest absolute Gasteiger partial charge is 0.339 e. The molecule has 1 N–H and O–H groups in total. The van der Waals surface area contributed by atoms with Gasteiger partial charge in [-0.25, -0.2) is 0 Å². The summed E-state index contributed by atoms with van der Waals surface area (Å²) in [6.45, 7) is 5.28. The maximum Gasteiger partial charge on any atom is 0.259 e. The average molecular weight is 486 g/mol. The normalized spacial score (nSPS) is 14.9. The summed E-state index contributed by atoms with van der Waals surface area (Å²) < 4.78 is 0. The number of amides is 3. The molecule has 0 bridgehead atoms. The zero-order valence-electron chi connectivity index (χ0n) is 19.8. The third kappa shape index (κ3) is 4.68. The van der Waals surface area contributed by atoms with Gasteiger partial charge < -0.3 is 10.2 Å². The van der Waals surface area contributed by atoms with Crippen molar-refractivity contribution in [2.24, 2.45) is 0 Å². The number of carbonyl (C=O) groups excluding carboxylic acids is 3. The fraction of sp³-hybridized carbons (Fsp3) is 0.250. The third-order valence-corrected chi connectivity index (χ3v) is 7.57. The first-order valence-corrected chi connectivity index (χ1v) is 12.6. The Labute approximate surface area is 209 Å². The molecule has 178 valence electrons. The summed E-state index contributed by atoms with van der Waals surface area (Å²) >= 11 is 1.48. The third-order valence-electron chi connectivity index (χ3n) is 6.43. The van der Waals surface area contributed by atoms with Crippen molar-refractivity contribution in [3.05, 3.63) is 82.9 Å². The molecule has 3 aromatic rings. The van der Waals surface area contributed by atoms with Crippen molar-refractivity contribution in [3.8, 4) is 0 Å². The van der Waals surface area contributed by atoms with Gasteiger partial charge in [-0.15, -0.1) is 0 Å². The minimum Gasteiger partial charge on any atom is -0.339 e. The van der Waals surface area contributed by atoms with Gasteiger partial charge in [-0.05, 0) is 68.7 Å². The molecule has 2 heterocycles. The van der Waals surface area contributed by atoms with Gasteiger partial charge in [-0.3, -0.25) is 19.3 Å². The van der Waals surface area contributed by atoms with Gasteiger partial charge in [0, 0.05) is 34.1 Å². The van der Waals surface area contributed by atoms with Crippen molar-refractivity contribution >= 4 is 40.9 Å². The Bertz CT molecular complexity index is 1330. The molecule has 0 spiro atoms. The SMILES string of the molecule is Cc1ccc(NC(=O)CN2C(=O)c3ccccc3Sc3ccc(C(=O)N4CCCC4)cc32)c(C)c1. The summed E-state index contributed by atoms with van der Waals surface area (Å²) in [7, 11) is 0. The molecular formula is C28H27N3O3S. The van der Waals surface area contributed by atoms with Crippen LogP contribution in [-0.4, -0.2) is 42.3 Å². The van der Waals surface area contributed by atoms with Crippen molar-refractivity contribution in [3.63, 3.8) is 0 Å². The maximum absolute atomic E-state index is 13.7. The molecule has 2 aliphatic heterocycles. The zero-order valence-corrected chi connectivity index (χ0v) is 20.7. The molecule has 0 aliphatic carbocycles. The Kier molecular flexibility index (Phi) is 6.34. The highest BCUT2D eigenvalue weighted by Crippen LogP contribution is 2.42. The van der Waals surface area contributed by atoms with Gasteiger partial charge >= 0.3 is 0 Å². The Morgan fingerprint density at radius 1 is 0.943 bits per heavy atom. The molecule has 0 unspecified atom stereocenters. The lowest BCUT2D eigenvalue weighted by molar-refractivity contribution is -0.114. The predicted octanol–water partition coefficient (Wildman–Crippen LogP) is 5.29. The van der Waals surface area contributed by atoms with Crippen LogP contribution < -0.4 is 10.2 Å². The number of aryl methyl sites for hydroxylation is 2. The molecule has 0 saturated carbocycles. The number of nitrogens with one attached hydrogen (secondary N) is 1. The van der Waals surface area contributed by atoms with Gasteiger partial charge in [0.1, 0.15) is 6.54 Å². The topological polar surface area (TPSA) is 69.7 Å². The molecule has 1 saturated heterocycles. The van der Waals surface area contributed by atoms with Crippen molar-refractivity contribution in [2.45, 2.75) is 36.5 Å². The van der Waals surface area contributed by atoms with Crippen LogP contribution in [0.1, 0.15) is 44.7 Å². The first-order chi connectivity index (χ1) is 16.9. The second-order valence-corrected chi connectivity index (χ2v) is 10.1. The number of carbonyl (C=O) groups is 3. The smallest absolute Gasteiger partial charge is 0.259 e. The molecule has 3 amide bonds. The van der Waals surface area contributed by atoms with Crippen LogP contribution in [0, 0.1) is 13.8 Å². The van der Waals surface area contributed by atoms with E-state index in [1.54, 1.807) is 12.1 Å². The van der Waals surface area contributed by atoms with Crippen molar-refractivity contribution < 1.29 is 14.4 Å². The van der Waals surface area contributed by atoms with E-state index in [0.29, 0.717) is 16.8 Å². The Morgan fingerprint density at radius 3 is 2.49 bits per heavy atom. The summed E-state index contributed by atoms with van der Waals surface area (Å²) in [5.74, 6) is -0.588. The molecular weight excluding hydrogens is 458 g/mol. The molecule has 0 atom stereocenters. The lowest BCUT2D eigenvalue weighted by atomic mass is 10.1. The van der Waals surface area contributed by atoms with Gasteiger partial charge in [0.25, 0.3) is 11.8 Å². The molecule has 0 aromatic heterocycles. The van der Waals surface area contributed by atoms with Crippen LogP contribution in [0.3, 0.4) is 0 Å². The van der Waals surface area contributed by atoms with Crippen molar-refractivity contribution in [1.29, 1.82) is 0 Å². The van der Waals surface area contributed by atoms with E-state index in [4.69, 9.17) is 0 Å². The number of likely N-dealkylation sites (tertiary alicyclic amines) is 1. The fourth-order valence-corrected chi connectivity index (χ4v) is 5.66. The van der Waals surface area contributed by atoms with Gasteiger partial charge in [0.2, 0.25) is 5.91 Å². The van der Waals surface area contributed by atoms with Crippen LogP contribution in [-0.2, 0) is 4.79 Å². The molecule has 35 heavy (non-hydrogen) atoms. The molecule has 6 nitrogen and oxygen atoms in total.